The van der Waals surface area contributed by atoms with Crippen LogP contribution < -0.4 is 0 Å². The Kier molecular flexibility index (Phi) is 2.61. The molecule has 0 spiro atoms. The Bertz CT molecular complexity index is 267. The summed E-state index contributed by atoms with van der Waals surface area (Å²) < 4.78 is 0. The van der Waals surface area contributed by atoms with E-state index in [0.717, 1.165) is 13.1 Å². The van der Waals surface area contributed by atoms with Crippen LogP contribution in [-0.4, -0.2) is 23.2 Å². The number of hydrogen-bond acceptors (Lipinski definition) is 2. The van der Waals surface area contributed by atoms with Gasteiger partial charge in [0.05, 0.1) is 0 Å². The minimum Gasteiger partial charge on any atom is -0.294 e. The molecular weight excluding hydrogens is 178 g/mol. The van der Waals surface area contributed by atoms with Crippen molar-refractivity contribution in [3.63, 3.8) is 0 Å². The van der Waals surface area contributed by atoms with Gasteiger partial charge >= 0.3 is 0 Å². The molecule has 1 nitrogen and oxygen atoms in total. The smallest absolute Gasteiger partial charge is 0.0320 e. The highest BCUT2D eigenvalue weighted by atomic mass is 32.1. The molecule has 13 heavy (non-hydrogen) atoms. The van der Waals surface area contributed by atoms with Crippen LogP contribution in [0.1, 0.15) is 18.5 Å². The third-order valence-electron chi connectivity index (χ3n) is 2.72. The molecule has 1 aromatic rings. The summed E-state index contributed by atoms with van der Waals surface area (Å²) in [6.07, 6.45) is 0. The standard InChI is InChI=1S/C11H15NS/c1-9(12-7-11(13)8-12)10-5-3-2-4-6-10/h2-6,9,11,13H,7-8H2,1H3/t9-/m0/s1. The molecule has 0 aromatic heterocycles. The lowest BCUT2D eigenvalue weighted by Gasteiger charge is -2.41. The predicted molar refractivity (Wildman–Crippen MR) is 59.2 cm³/mol. The lowest BCUT2D eigenvalue weighted by Crippen LogP contribution is -2.48. The van der Waals surface area contributed by atoms with Crippen LogP contribution in [0.3, 0.4) is 0 Å². The molecule has 0 bridgehead atoms. The van der Waals surface area contributed by atoms with Gasteiger partial charge in [-0.1, -0.05) is 30.3 Å². The molecule has 2 rings (SSSR count). The fraction of sp³-hybridized carbons (Fsp3) is 0.455. The van der Waals surface area contributed by atoms with E-state index in [9.17, 15) is 0 Å². The third-order valence-corrected chi connectivity index (χ3v) is 3.05. The molecule has 0 amide bonds. The van der Waals surface area contributed by atoms with E-state index in [-0.39, 0.29) is 0 Å². The Labute approximate surface area is 85.2 Å². The van der Waals surface area contributed by atoms with Crippen LogP contribution in [-0.2, 0) is 0 Å². The summed E-state index contributed by atoms with van der Waals surface area (Å²) in [4.78, 5) is 2.45. The molecule has 1 aliphatic rings. The molecular formula is C11H15NS. The molecule has 1 heterocycles. The first-order chi connectivity index (χ1) is 6.27. The Morgan fingerprint density at radius 3 is 2.46 bits per heavy atom. The van der Waals surface area contributed by atoms with Crippen LogP contribution in [0.15, 0.2) is 30.3 Å². The van der Waals surface area contributed by atoms with Gasteiger partial charge in [-0.15, -0.1) is 0 Å². The van der Waals surface area contributed by atoms with E-state index in [0.29, 0.717) is 11.3 Å². The molecule has 1 aromatic carbocycles. The fourth-order valence-corrected chi connectivity index (χ4v) is 2.17. The molecule has 2 heteroatoms. The number of benzene rings is 1. The highest BCUT2D eigenvalue weighted by Gasteiger charge is 2.27. The van der Waals surface area contributed by atoms with Crippen LogP contribution in [0.25, 0.3) is 0 Å². The van der Waals surface area contributed by atoms with Crippen molar-refractivity contribution in [3.8, 4) is 0 Å². The first-order valence-corrected chi connectivity index (χ1v) is 5.26. The first kappa shape index (κ1) is 9.10. The molecule has 0 aliphatic carbocycles. The number of nitrogens with zero attached hydrogens (tertiary/aromatic N) is 1. The minimum atomic E-state index is 0.546. The summed E-state index contributed by atoms with van der Waals surface area (Å²) in [6, 6.07) is 11.2. The number of thiol groups is 1. The van der Waals surface area contributed by atoms with Gasteiger partial charge < -0.3 is 0 Å². The quantitative estimate of drug-likeness (QED) is 0.706. The van der Waals surface area contributed by atoms with Crippen molar-refractivity contribution >= 4 is 12.6 Å². The molecule has 1 aliphatic heterocycles. The topological polar surface area (TPSA) is 3.24 Å². The molecule has 0 unspecified atom stereocenters. The fourth-order valence-electron chi connectivity index (χ4n) is 1.75. The van der Waals surface area contributed by atoms with Gasteiger partial charge in [0, 0.05) is 24.4 Å². The van der Waals surface area contributed by atoms with Gasteiger partial charge in [0.15, 0.2) is 0 Å². The maximum atomic E-state index is 4.41. The van der Waals surface area contributed by atoms with E-state index >= 15 is 0 Å². The molecule has 0 radical (unpaired) electrons. The van der Waals surface area contributed by atoms with Gasteiger partial charge in [-0.25, -0.2) is 0 Å². The zero-order valence-electron chi connectivity index (χ0n) is 7.85. The van der Waals surface area contributed by atoms with E-state index in [1.807, 2.05) is 0 Å². The first-order valence-electron chi connectivity index (χ1n) is 4.74. The summed E-state index contributed by atoms with van der Waals surface area (Å²) in [6.45, 7) is 4.51. The highest BCUT2D eigenvalue weighted by Crippen LogP contribution is 2.26. The number of rotatable bonds is 2. The molecule has 70 valence electrons. The van der Waals surface area contributed by atoms with Gasteiger partial charge in [0.25, 0.3) is 0 Å². The Balaban J connectivity index is 2.02. The largest absolute Gasteiger partial charge is 0.294 e. The normalized spacial score (nSPS) is 21.1. The SMILES string of the molecule is C[C@@H](c1ccccc1)N1CC(S)C1. The maximum absolute atomic E-state index is 4.41. The van der Waals surface area contributed by atoms with Gasteiger partial charge in [-0.05, 0) is 12.5 Å². The number of hydrogen-bond donors (Lipinski definition) is 1. The second-order valence-corrected chi connectivity index (χ2v) is 4.42. The molecule has 0 N–H and O–H groups in total. The van der Waals surface area contributed by atoms with Crippen molar-refractivity contribution in [1.29, 1.82) is 0 Å². The second kappa shape index (κ2) is 3.72. The second-order valence-electron chi connectivity index (χ2n) is 3.69. The zero-order valence-corrected chi connectivity index (χ0v) is 8.74. The van der Waals surface area contributed by atoms with Crippen LogP contribution in [0.4, 0.5) is 0 Å². The predicted octanol–water partition coefficient (Wildman–Crippen LogP) is 2.36. The average molecular weight is 193 g/mol. The summed E-state index contributed by atoms with van der Waals surface area (Å²) in [5.41, 5.74) is 1.41. The summed E-state index contributed by atoms with van der Waals surface area (Å²) >= 11 is 4.41. The van der Waals surface area contributed by atoms with Gasteiger partial charge in [-0.3, -0.25) is 4.90 Å². The molecule has 0 saturated carbocycles. The van der Waals surface area contributed by atoms with Gasteiger partial charge in [-0.2, -0.15) is 12.6 Å². The van der Waals surface area contributed by atoms with E-state index < -0.39 is 0 Å². The Hall–Kier alpha value is -0.470. The van der Waals surface area contributed by atoms with Gasteiger partial charge in [0.1, 0.15) is 0 Å². The molecule has 1 fully saturated rings. The van der Waals surface area contributed by atoms with Crippen molar-refractivity contribution < 1.29 is 0 Å². The maximum Gasteiger partial charge on any atom is 0.0320 e. The van der Waals surface area contributed by atoms with Crippen molar-refractivity contribution in [3.05, 3.63) is 35.9 Å². The van der Waals surface area contributed by atoms with Crippen molar-refractivity contribution in [2.24, 2.45) is 0 Å². The van der Waals surface area contributed by atoms with Crippen molar-refractivity contribution in [2.45, 2.75) is 18.2 Å². The lowest BCUT2D eigenvalue weighted by molar-refractivity contribution is 0.137. The Morgan fingerprint density at radius 1 is 1.31 bits per heavy atom. The van der Waals surface area contributed by atoms with E-state index in [4.69, 9.17) is 0 Å². The van der Waals surface area contributed by atoms with Crippen LogP contribution in [0, 0.1) is 0 Å². The average Bonchev–Trinajstić information content (AvgIpc) is 2.13. The van der Waals surface area contributed by atoms with Crippen LogP contribution in [0.5, 0.6) is 0 Å². The van der Waals surface area contributed by atoms with E-state index in [2.05, 4.69) is 54.8 Å². The van der Waals surface area contributed by atoms with Crippen molar-refractivity contribution in [1.82, 2.24) is 4.90 Å². The highest BCUT2D eigenvalue weighted by molar-refractivity contribution is 7.81. The molecule has 1 atom stereocenters. The van der Waals surface area contributed by atoms with E-state index in [1.54, 1.807) is 0 Å². The zero-order chi connectivity index (χ0) is 9.26. The minimum absolute atomic E-state index is 0.546. The monoisotopic (exact) mass is 193 g/mol. The number of likely N-dealkylation sites (tertiary alicyclic amines) is 1. The summed E-state index contributed by atoms with van der Waals surface area (Å²) in [5.74, 6) is 0. The Morgan fingerprint density at radius 2 is 1.92 bits per heavy atom. The van der Waals surface area contributed by atoms with Crippen LogP contribution >= 0.6 is 12.6 Å². The molecule has 1 saturated heterocycles. The van der Waals surface area contributed by atoms with Crippen molar-refractivity contribution in [2.75, 3.05) is 13.1 Å². The van der Waals surface area contributed by atoms with Crippen LogP contribution in [0.2, 0.25) is 0 Å². The van der Waals surface area contributed by atoms with Gasteiger partial charge in [0.2, 0.25) is 0 Å². The summed E-state index contributed by atoms with van der Waals surface area (Å²) in [5, 5.41) is 0.589. The lowest BCUT2D eigenvalue weighted by atomic mass is 10.0. The summed E-state index contributed by atoms with van der Waals surface area (Å²) in [7, 11) is 0. The third kappa shape index (κ3) is 1.89. The van der Waals surface area contributed by atoms with E-state index in [1.165, 1.54) is 5.56 Å².